The fraction of sp³-hybridized carbons (Fsp3) is 0.538. The Labute approximate surface area is 110 Å². The summed E-state index contributed by atoms with van der Waals surface area (Å²) >= 11 is 1.68. The van der Waals surface area contributed by atoms with Crippen molar-refractivity contribution < 1.29 is 9.59 Å². The summed E-state index contributed by atoms with van der Waals surface area (Å²) in [6.45, 7) is 0.688. The van der Waals surface area contributed by atoms with Crippen molar-refractivity contribution in [1.29, 1.82) is 0 Å². The normalized spacial score (nSPS) is 22.9. The van der Waals surface area contributed by atoms with Crippen LogP contribution in [0.4, 0.5) is 0 Å². The van der Waals surface area contributed by atoms with Crippen molar-refractivity contribution in [2.75, 3.05) is 0 Å². The monoisotopic (exact) mass is 264 g/mol. The molecule has 1 atom stereocenters. The van der Waals surface area contributed by atoms with E-state index in [9.17, 15) is 9.59 Å². The molecule has 0 bridgehead atoms. The maximum absolute atomic E-state index is 12.4. The molecule has 18 heavy (non-hydrogen) atoms. The van der Waals surface area contributed by atoms with Gasteiger partial charge < -0.3 is 10.2 Å². The predicted molar refractivity (Wildman–Crippen MR) is 69.1 cm³/mol. The topological polar surface area (TPSA) is 49.4 Å². The zero-order valence-corrected chi connectivity index (χ0v) is 10.9. The van der Waals surface area contributed by atoms with Gasteiger partial charge >= 0.3 is 0 Å². The lowest BCUT2D eigenvalue weighted by Gasteiger charge is -2.25. The first-order valence-corrected chi connectivity index (χ1v) is 7.24. The molecule has 1 aliphatic heterocycles. The van der Waals surface area contributed by atoms with Crippen LogP contribution in [0, 0.1) is 0 Å². The van der Waals surface area contributed by atoms with Crippen molar-refractivity contribution in [2.45, 2.75) is 44.3 Å². The van der Waals surface area contributed by atoms with Gasteiger partial charge in [0.15, 0.2) is 0 Å². The lowest BCUT2D eigenvalue weighted by molar-refractivity contribution is -0.135. The first-order valence-electron chi connectivity index (χ1n) is 6.36. The van der Waals surface area contributed by atoms with Gasteiger partial charge in [-0.25, -0.2) is 0 Å². The van der Waals surface area contributed by atoms with Crippen LogP contribution in [0.1, 0.15) is 30.6 Å². The van der Waals surface area contributed by atoms with E-state index in [-0.39, 0.29) is 17.9 Å². The number of carbonyl (C=O) groups is 2. The van der Waals surface area contributed by atoms with E-state index >= 15 is 0 Å². The van der Waals surface area contributed by atoms with Crippen molar-refractivity contribution in [3.8, 4) is 0 Å². The summed E-state index contributed by atoms with van der Waals surface area (Å²) in [7, 11) is 0. The third kappa shape index (κ3) is 2.41. The standard InChI is InChI=1S/C13H16N2O2S/c16-12-6-5-11(14-12)13(17)15(9-3-4-9)8-10-2-1-7-18-10/h1-2,7,9,11H,3-6,8H2,(H,14,16). The van der Waals surface area contributed by atoms with Crippen molar-refractivity contribution in [3.63, 3.8) is 0 Å². The molecule has 1 aliphatic carbocycles. The first kappa shape index (κ1) is 11.7. The van der Waals surface area contributed by atoms with E-state index < -0.39 is 0 Å². The molecule has 4 nitrogen and oxygen atoms in total. The molecular formula is C13H16N2O2S. The summed E-state index contributed by atoms with van der Waals surface area (Å²) in [4.78, 5) is 26.8. The van der Waals surface area contributed by atoms with Gasteiger partial charge in [0.2, 0.25) is 11.8 Å². The third-order valence-corrected chi connectivity index (χ3v) is 4.33. The predicted octanol–water partition coefficient (Wildman–Crippen LogP) is 1.52. The number of hydrogen-bond donors (Lipinski definition) is 1. The van der Waals surface area contributed by atoms with Gasteiger partial charge in [-0.15, -0.1) is 11.3 Å². The lowest BCUT2D eigenvalue weighted by atomic mass is 10.2. The number of carbonyl (C=O) groups excluding carboxylic acids is 2. The fourth-order valence-corrected chi connectivity index (χ4v) is 3.05. The van der Waals surface area contributed by atoms with Crippen molar-refractivity contribution in [1.82, 2.24) is 10.2 Å². The van der Waals surface area contributed by atoms with Crippen LogP contribution < -0.4 is 5.32 Å². The number of nitrogens with one attached hydrogen (secondary N) is 1. The number of hydrogen-bond acceptors (Lipinski definition) is 3. The highest BCUT2D eigenvalue weighted by Gasteiger charge is 2.38. The summed E-state index contributed by atoms with van der Waals surface area (Å²) in [5.41, 5.74) is 0. The number of amides is 2. The molecule has 3 rings (SSSR count). The molecule has 1 aromatic rings. The molecule has 0 aromatic carbocycles. The van der Waals surface area contributed by atoms with Crippen LogP contribution in [0.3, 0.4) is 0 Å². The minimum Gasteiger partial charge on any atom is -0.344 e. The molecule has 2 fully saturated rings. The van der Waals surface area contributed by atoms with E-state index in [1.807, 2.05) is 16.3 Å². The lowest BCUT2D eigenvalue weighted by Crippen LogP contribution is -2.45. The Morgan fingerprint density at radius 3 is 2.83 bits per heavy atom. The molecule has 2 heterocycles. The molecule has 0 radical (unpaired) electrons. The second-order valence-corrected chi connectivity index (χ2v) is 5.97. The summed E-state index contributed by atoms with van der Waals surface area (Å²) in [5.74, 6) is 0.0944. The van der Waals surface area contributed by atoms with Crippen LogP contribution in [0.5, 0.6) is 0 Å². The van der Waals surface area contributed by atoms with Gasteiger partial charge in [-0.2, -0.15) is 0 Å². The van der Waals surface area contributed by atoms with Crippen LogP contribution in [0.25, 0.3) is 0 Å². The summed E-state index contributed by atoms with van der Waals surface area (Å²) in [6, 6.07) is 4.16. The molecule has 1 aromatic heterocycles. The quantitative estimate of drug-likeness (QED) is 0.896. The van der Waals surface area contributed by atoms with Gasteiger partial charge in [0.1, 0.15) is 6.04 Å². The minimum absolute atomic E-state index is 0.000204. The van der Waals surface area contributed by atoms with Crippen LogP contribution in [-0.4, -0.2) is 28.8 Å². The van der Waals surface area contributed by atoms with Crippen molar-refractivity contribution >= 4 is 23.2 Å². The van der Waals surface area contributed by atoms with Gasteiger partial charge in [0.05, 0.1) is 6.54 Å². The van der Waals surface area contributed by atoms with Crippen LogP contribution >= 0.6 is 11.3 Å². The fourth-order valence-electron chi connectivity index (χ4n) is 2.34. The molecule has 96 valence electrons. The molecule has 2 aliphatic rings. The second kappa shape index (κ2) is 4.72. The molecule has 2 amide bonds. The van der Waals surface area contributed by atoms with E-state index in [0.29, 0.717) is 25.4 Å². The Kier molecular flexibility index (Phi) is 3.07. The molecule has 0 spiro atoms. The highest BCUT2D eigenvalue weighted by atomic mass is 32.1. The summed E-state index contributed by atoms with van der Waals surface area (Å²) in [5, 5.41) is 4.80. The summed E-state index contributed by atoms with van der Waals surface area (Å²) < 4.78 is 0. The van der Waals surface area contributed by atoms with E-state index in [1.165, 1.54) is 4.88 Å². The van der Waals surface area contributed by atoms with Gasteiger partial charge in [-0.3, -0.25) is 9.59 Å². The van der Waals surface area contributed by atoms with Gasteiger partial charge in [-0.05, 0) is 30.7 Å². The molecular weight excluding hydrogens is 248 g/mol. The summed E-state index contributed by atoms with van der Waals surface area (Å²) in [6.07, 6.45) is 3.31. The Balaban J connectivity index is 1.69. The average Bonchev–Trinajstić information content (AvgIpc) is 2.88. The zero-order chi connectivity index (χ0) is 12.5. The molecule has 1 saturated heterocycles. The molecule has 1 N–H and O–H groups in total. The molecule has 5 heteroatoms. The van der Waals surface area contributed by atoms with E-state index in [0.717, 1.165) is 12.8 Å². The number of rotatable bonds is 4. The maximum atomic E-state index is 12.4. The van der Waals surface area contributed by atoms with Crippen LogP contribution in [0.15, 0.2) is 17.5 Å². The third-order valence-electron chi connectivity index (χ3n) is 3.47. The highest BCUT2D eigenvalue weighted by molar-refractivity contribution is 7.09. The van der Waals surface area contributed by atoms with E-state index in [2.05, 4.69) is 11.4 Å². The highest BCUT2D eigenvalue weighted by Crippen LogP contribution is 2.30. The van der Waals surface area contributed by atoms with Gasteiger partial charge in [-0.1, -0.05) is 6.07 Å². The van der Waals surface area contributed by atoms with E-state index in [1.54, 1.807) is 11.3 Å². The second-order valence-electron chi connectivity index (χ2n) is 4.94. The largest absolute Gasteiger partial charge is 0.344 e. The Morgan fingerprint density at radius 1 is 1.44 bits per heavy atom. The number of thiophene rings is 1. The SMILES string of the molecule is O=C1CCC(C(=O)N(Cc2cccs2)C2CC2)N1. The minimum atomic E-state index is -0.293. The maximum Gasteiger partial charge on any atom is 0.245 e. The molecule has 1 saturated carbocycles. The molecule has 1 unspecified atom stereocenters. The Morgan fingerprint density at radius 2 is 2.28 bits per heavy atom. The zero-order valence-electron chi connectivity index (χ0n) is 10.1. The van der Waals surface area contributed by atoms with Gasteiger partial charge in [0, 0.05) is 17.3 Å². The van der Waals surface area contributed by atoms with E-state index in [4.69, 9.17) is 0 Å². The van der Waals surface area contributed by atoms with Crippen molar-refractivity contribution in [3.05, 3.63) is 22.4 Å². The Bertz CT molecular complexity index is 454. The van der Waals surface area contributed by atoms with Crippen LogP contribution in [0.2, 0.25) is 0 Å². The smallest absolute Gasteiger partial charge is 0.245 e. The van der Waals surface area contributed by atoms with Crippen LogP contribution in [-0.2, 0) is 16.1 Å². The first-order chi connectivity index (χ1) is 8.74. The average molecular weight is 264 g/mol. The van der Waals surface area contributed by atoms with Crippen molar-refractivity contribution in [2.24, 2.45) is 0 Å². The van der Waals surface area contributed by atoms with Gasteiger partial charge in [0.25, 0.3) is 0 Å². The number of nitrogens with zero attached hydrogens (tertiary/aromatic N) is 1. The Hall–Kier alpha value is -1.36.